The van der Waals surface area contributed by atoms with Gasteiger partial charge >= 0.3 is 0 Å². The molecule has 2 N–H and O–H groups in total. The lowest BCUT2D eigenvalue weighted by Crippen LogP contribution is -2.34. The zero-order valence-corrected chi connectivity index (χ0v) is 8.78. The largest absolute Gasteiger partial charge is 0.329 e. The lowest BCUT2D eigenvalue weighted by atomic mass is 10.2. The minimum absolute atomic E-state index is 0.797. The molecule has 0 aromatic rings. The number of likely N-dealkylation sites (N-methyl/N-ethyl adjacent to an activating group) is 1. The molecule has 3 heteroatoms. The van der Waals surface area contributed by atoms with Crippen LogP contribution in [0.15, 0.2) is 0 Å². The fraction of sp³-hybridized carbons (Fsp3) is 1.00. The van der Waals surface area contributed by atoms with Gasteiger partial charge in [-0.25, -0.2) is 0 Å². The van der Waals surface area contributed by atoms with Gasteiger partial charge in [0.05, 0.1) is 0 Å². The van der Waals surface area contributed by atoms with Crippen LogP contribution in [0.2, 0.25) is 0 Å². The maximum absolute atomic E-state index is 5.53. The van der Waals surface area contributed by atoms with Gasteiger partial charge < -0.3 is 10.6 Å². The van der Waals surface area contributed by atoms with Crippen LogP contribution in [0.3, 0.4) is 0 Å². The van der Waals surface area contributed by atoms with Crippen molar-refractivity contribution < 1.29 is 0 Å². The standard InChI is InChI=1S/C9H20N2S/c1-2-11(6-5-10)8-9-4-3-7-12-9/h9H,2-8,10H2,1H3. The summed E-state index contributed by atoms with van der Waals surface area (Å²) in [6, 6.07) is 0. The van der Waals surface area contributed by atoms with E-state index in [0.717, 1.165) is 24.9 Å². The van der Waals surface area contributed by atoms with E-state index in [1.54, 1.807) is 0 Å². The van der Waals surface area contributed by atoms with Gasteiger partial charge in [0.1, 0.15) is 0 Å². The number of thioether (sulfide) groups is 1. The van der Waals surface area contributed by atoms with E-state index in [1.807, 2.05) is 0 Å². The van der Waals surface area contributed by atoms with Crippen LogP contribution in [-0.4, -0.2) is 42.1 Å². The van der Waals surface area contributed by atoms with Crippen molar-refractivity contribution in [2.45, 2.75) is 25.0 Å². The topological polar surface area (TPSA) is 29.3 Å². The summed E-state index contributed by atoms with van der Waals surface area (Å²) in [6.07, 6.45) is 2.82. The summed E-state index contributed by atoms with van der Waals surface area (Å²) in [5.74, 6) is 1.37. The highest BCUT2D eigenvalue weighted by atomic mass is 32.2. The van der Waals surface area contributed by atoms with Gasteiger partial charge in [0.15, 0.2) is 0 Å². The summed E-state index contributed by atoms with van der Waals surface area (Å²) >= 11 is 2.13. The Morgan fingerprint density at radius 1 is 1.58 bits per heavy atom. The molecule has 0 aromatic carbocycles. The molecule has 0 bridgehead atoms. The van der Waals surface area contributed by atoms with E-state index in [9.17, 15) is 0 Å². The first kappa shape index (κ1) is 10.4. The summed E-state index contributed by atoms with van der Waals surface area (Å²) in [4.78, 5) is 2.46. The van der Waals surface area contributed by atoms with Gasteiger partial charge in [0.2, 0.25) is 0 Å². The zero-order chi connectivity index (χ0) is 8.81. The van der Waals surface area contributed by atoms with E-state index in [2.05, 4.69) is 23.6 Å². The van der Waals surface area contributed by atoms with Crippen LogP contribution in [0.1, 0.15) is 19.8 Å². The first-order chi connectivity index (χ1) is 5.86. The first-order valence-electron chi connectivity index (χ1n) is 4.90. The Morgan fingerprint density at radius 2 is 2.42 bits per heavy atom. The molecule has 1 saturated heterocycles. The Balaban J connectivity index is 2.16. The fourth-order valence-electron chi connectivity index (χ4n) is 1.64. The molecule has 1 rings (SSSR count). The van der Waals surface area contributed by atoms with Crippen LogP contribution >= 0.6 is 11.8 Å². The smallest absolute Gasteiger partial charge is 0.0175 e. The molecular weight excluding hydrogens is 168 g/mol. The second-order valence-electron chi connectivity index (χ2n) is 3.32. The SMILES string of the molecule is CCN(CCN)CC1CCCS1. The molecular formula is C9H20N2S. The minimum atomic E-state index is 0.797. The molecule has 0 radical (unpaired) electrons. The van der Waals surface area contributed by atoms with Gasteiger partial charge in [-0.1, -0.05) is 6.92 Å². The molecule has 0 spiro atoms. The van der Waals surface area contributed by atoms with Crippen LogP contribution in [0, 0.1) is 0 Å². The van der Waals surface area contributed by atoms with Crippen molar-refractivity contribution in [2.75, 3.05) is 31.9 Å². The predicted molar refractivity (Wildman–Crippen MR) is 56.6 cm³/mol. The van der Waals surface area contributed by atoms with Crippen LogP contribution in [0.4, 0.5) is 0 Å². The maximum atomic E-state index is 5.53. The van der Waals surface area contributed by atoms with Gasteiger partial charge in [-0.2, -0.15) is 11.8 Å². The van der Waals surface area contributed by atoms with Gasteiger partial charge in [0, 0.05) is 24.9 Å². The normalized spacial score (nSPS) is 23.8. The van der Waals surface area contributed by atoms with Gasteiger partial charge in [0.25, 0.3) is 0 Å². The number of hydrogen-bond acceptors (Lipinski definition) is 3. The van der Waals surface area contributed by atoms with E-state index < -0.39 is 0 Å². The number of nitrogens with two attached hydrogens (primary N) is 1. The molecule has 0 saturated carbocycles. The lowest BCUT2D eigenvalue weighted by Gasteiger charge is -2.22. The lowest BCUT2D eigenvalue weighted by molar-refractivity contribution is 0.295. The zero-order valence-electron chi connectivity index (χ0n) is 7.96. The fourth-order valence-corrected chi connectivity index (χ4v) is 2.95. The van der Waals surface area contributed by atoms with E-state index in [-0.39, 0.29) is 0 Å². The van der Waals surface area contributed by atoms with Gasteiger partial charge in [-0.05, 0) is 25.1 Å². The summed E-state index contributed by atoms with van der Waals surface area (Å²) in [5, 5.41) is 0.886. The van der Waals surface area contributed by atoms with Crippen molar-refractivity contribution in [1.29, 1.82) is 0 Å². The summed E-state index contributed by atoms with van der Waals surface area (Å²) in [7, 11) is 0. The van der Waals surface area contributed by atoms with Gasteiger partial charge in [-0.3, -0.25) is 0 Å². The van der Waals surface area contributed by atoms with E-state index in [0.29, 0.717) is 0 Å². The molecule has 1 fully saturated rings. The highest BCUT2D eigenvalue weighted by Crippen LogP contribution is 2.26. The van der Waals surface area contributed by atoms with Crippen LogP contribution in [-0.2, 0) is 0 Å². The molecule has 1 aliphatic rings. The van der Waals surface area contributed by atoms with Crippen molar-refractivity contribution in [1.82, 2.24) is 4.90 Å². The van der Waals surface area contributed by atoms with E-state index in [1.165, 1.54) is 25.1 Å². The second kappa shape index (κ2) is 5.84. The molecule has 0 aromatic heterocycles. The highest BCUT2D eigenvalue weighted by molar-refractivity contribution is 8.00. The molecule has 1 atom stereocenters. The molecule has 2 nitrogen and oxygen atoms in total. The molecule has 0 aliphatic carbocycles. The Morgan fingerprint density at radius 3 is 2.92 bits per heavy atom. The highest BCUT2D eigenvalue weighted by Gasteiger charge is 2.17. The predicted octanol–water partition coefficient (Wildman–Crippen LogP) is 1.16. The Bertz CT molecular complexity index is 113. The van der Waals surface area contributed by atoms with Crippen molar-refractivity contribution in [3.8, 4) is 0 Å². The van der Waals surface area contributed by atoms with Crippen molar-refractivity contribution >= 4 is 11.8 Å². The summed E-state index contributed by atoms with van der Waals surface area (Å²) in [5.41, 5.74) is 5.53. The number of nitrogens with zero attached hydrogens (tertiary/aromatic N) is 1. The number of rotatable bonds is 5. The van der Waals surface area contributed by atoms with Crippen molar-refractivity contribution in [3.63, 3.8) is 0 Å². The molecule has 72 valence electrons. The monoisotopic (exact) mass is 188 g/mol. The average Bonchev–Trinajstić information content (AvgIpc) is 2.56. The van der Waals surface area contributed by atoms with Crippen LogP contribution in [0.5, 0.6) is 0 Å². The second-order valence-corrected chi connectivity index (χ2v) is 4.73. The minimum Gasteiger partial charge on any atom is -0.329 e. The average molecular weight is 188 g/mol. The Kier molecular flexibility index (Phi) is 5.04. The molecule has 1 heterocycles. The third-order valence-electron chi connectivity index (χ3n) is 2.38. The van der Waals surface area contributed by atoms with Crippen LogP contribution in [0.25, 0.3) is 0 Å². The van der Waals surface area contributed by atoms with Crippen LogP contribution < -0.4 is 5.73 Å². The van der Waals surface area contributed by atoms with E-state index >= 15 is 0 Å². The molecule has 12 heavy (non-hydrogen) atoms. The van der Waals surface area contributed by atoms with E-state index in [4.69, 9.17) is 5.73 Å². The van der Waals surface area contributed by atoms with Gasteiger partial charge in [-0.15, -0.1) is 0 Å². The Labute approximate surface area is 79.9 Å². The van der Waals surface area contributed by atoms with Crippen molar-refractivity contribution in [2.24, 2.45) is 5.73 Å². The maximum Gasteiger partial charge on any atom is 0.0175 e. The first-order valence-corrected chi connectivity index (χ1v) is 5.95. The third kappa shape index (κ3) is 3.33. The Hall–Kier alpha value is 0.270. The quantitative estimate of drug-likeness (QED) is 0.702. The summed E-state index contributed by atoms with van der Waals surface area (Å²) in [6.45, 7) is 6.47. The van der Waals surface area contributed by atoms with Crippen molar-refractivity contribution in [3.05, 3.63) is 0 Å². The summed E-state index contributed by atoms with van der Waals surface area (Å²) < 4.78 is 0. The third-order valence-corrected chi connectivity index (χ3v) is 3.76. The molecule has 0 amide bonds. The molecule has 1 unspecified atom stereocenters. The molecule has 1 aliphatic heterocycles. The number of hydrogen-bond donors (Lipinski definition) is 1.